The van der Waals surface area contributed by atoms with Crippen LogP contribution >= 0.6 is 0 Å². The first-order chi connectivity index (χ1) is 11.1. The molecule has 0 spiro atoms. The Morgan fingerprint density at radius 1 is 1.21 bits per heavy atom. The van der Waals surface area contributed by atoms with Crippen molar-refractivity contribution < 1.29 is 23.9 Å². The van der Waals surface area contributed by atoms with Crippen LogP contribution in [0.25, 0.3) is 0 Å². The van der Waals surface area contributed by atoms with Crippen LogP contribution in [-0.4, -0.2) is 36.0 Å². The van der Waals surface area contributed by atoms with Crippen LogP contribution in [0.4, 0.5) is 0 Å². The Hall–Kier alpha value is -1.53. The fourth-order valence-corrected chi connectivity index (χ4v) is 2.74. The third kappa shape index (κ3) is 2.93. The molecule has 1 aliphatic heterocycles. The molecule has 0 amide bonds. The molecular weight excluding hydrogens is 307 g/mol. The molecule has 1 aromatic carbocycles. The van der Waals surface area contributed by atoms with E-state index in [0.29, 0.717) is 18.6 Å². The molecule has 1 aliphatic carbocycles. The summed E-state index contributed by atoms with van der Waals surface area (Å²) in [6.45, 7) is 10.2. The zero-order chi connectivity index (χ0) is 17.8. The van der Waals surface area contributed by atoms with Crippen LogP contribution in [0.5, 0.6) is 5.75 Å². The molecule has 1 saturated carbocycles. The number of ether oxygens (including phenoxy) is 1. The van der Waals surface area contributed by atoms with Gasteiger partial charge in [-0.05, 0) is 53.5 Å². The smallest absolute Gasteiger partial charge is 0.493 e. The zero-order valence-electron chi connectivity index (χ0n) is 15.0. The number of hydrogen-bond acceptors (Lipinski definition) is 4. The summed E-state index contributed by atoms with van der Waals surface area (Å²) in [6, 6.07) is 5.80. The number of rotatable bonds is 5. The van der Waals surface area contributed by atoms with Gasteiger partial charge in [0.2, 0.25) is 0 Å². The molecule has 3 rings (SSSR count). The van der Waals surface area contributed by atoms with Gasteiger partial charge in [-0.2, -0.15) is 0 Å². The lowest BCUT2D eigenvalue weighted by molar-refractivity contribution is -0.144. The van der Waals surface area contributed by atoms with Crippen LogP contribution in [0.3, 0.4) is 0 Å². The predicted octanol–water partition coefficient (Wildman–Crippen LogP) is 2.54. The van der Waals surface area contributed by atoms with E-state index in [1.165, 1.54) is 0 Å². The summed E-state index contributed by atoms with van der Waals surface area (Å²) >= 11 is 0. The number of carboxylic acids is 1. The molecule has 0 unspecified atom stereocenters. The Kier molecular flexibility index (Phi) is 3.96. The molecule has 0 bridgehead atoms. The van der Waals surface area contributed by atoms with Crippen LogP contribution in [-0.2, 0) is 14.1 Å². The van der Waals surface area contributed by atoms with E-state index in [0.717, 1.165) is 11.0 Å². The van der Waals surface area contributed by atoms with Gasteiger partial charge in [0.15, 0.2) is 0 Å². The second-order valence-corrected chi connectivity index (χ2v) is 8.00. The molecule has 0 atom stereocenters. The SMILES string of the molecule is Cc1ccc(OCC2(C(=O)O)CC2)c(B2OC(C)(C)C(C)(C)O2)c1. The Morgan fingerprint density at radius 3 is 2.29 bits per heavy atom. The van der Waals surface area contributed by atoms with Crippen molar-refractivity contribution in [1.82, 2.24) is 0 Å². The van der Waals surface area contributed by atoms with Gasteiger partial charge in [0.1, 0.15) is 17.8 Å². The molecule has 1 heterocycles. The van der Waals surface area contributed by atoms with E-state index in [2.05, 4.69) is 0 Å². The van der Waals surface area contributed by atoms with Crippen LogP contribution < -0.4 is 10.2 Å². The van der Waals surface area contributed by atoms with Crippen molar-refractivity contribution in [3.63, 3.8) is 0 Å². The standard InChI is InChI=1S/C18H25BO5/c1-12-6-7-14(22-11-18(8-9-18)15(20)21)13(10-12)19-23-16(2,3)17(4,5)24-19/h6-7,10H,8-9,11H2,1-5H3,(H,20,21). The van der Waals surface area contributed by atoms with Gasteiger partial charge < -0.3 is 19.2 Å². The minimum Gasteiger partial charge on any atom is -0.493 e. The predicted molar refractivity (Wildman–Crippen MR) is 91.7 cm³/mol. The third-order valence-corrected chi connectivity index (χ3v) is 5.48. The van der Waals surface area contributed by atoms with Gasteiger partial charge in [-0.3, -0.25) is 4.79 Å². The maximum absolute atomic E-state index is 11.3. The second-order valence-electron chi connectivity index (χ2n) is 8.00. The summed E-state index contributed by atoms with van der Waals surface area (Å²) in [7, 11) is -0.523. The Balaban J connectivity index is 1.83. The molecule has 0 aromatic heterocycles. The lowest BCUT2D eigenvalue weighted by Gasteiger charge is -2.32. The monoisotopic (exact) mass is 332 g/mol. The normalized spacial score (nSPS) is 23.1. The van der Waals surface area contributed by atoms with Gasteiger partial charge in [-0.25, -0.2) is 0 Å². The van der Waals surface area contributed by atoms with Crippen molar-refractivity contribution in [2.24, 2.45) is 5.41 Å². The number of carboxylic acid groups (broad SMARTS) is 1. The number of hydrogen-bond donors (Lipinski definition) is 1. The Morgan fingerprint density at radius 2 is 1.79 bits per heavy atom. The van der Waals surface area contributed by atoms with E-state index < -0.39 is 29.7 Å². The summed E-state index contributed by atoms with van der Waals surface area (Å²) in [5.41, 5.74) is 0.300. The largest absolute Gasteiger partial charge is 0.498 e. The fraction of sp³-hybridized carbons (Fsp3) is 0.611. The highest BCUT2D eigenvalue weighted by Crippen LogP contribution is 2.46. The van der Waals surface area contributed by atoms with Gasteiger partial charge in [-0.15, -0.1) is 0 Å². The molecular formula is C18H25BO5. The first-order valence-electron chi connectivity index (χ1n) is 8.39. The highest BCUT2D eigenvalue weighted by molar-refractivity contribution is 6.63. The average Bonchev–Trinajstić information content (AvgIpc) is 3.21. The van der Waals surface area contributed by atoms with Crippen molar-refractivity contribution in [1.29, 1.82) is 0 Å². The summed E-state index contributed by atoms with van der Waals surface area (Å²) < 4.78 is 18.1. The molecule has 2 aliphatic rings. The summed E-state index contributed by atoms with van der Waals surface area (Å²) in [5.74, 6) is -0.154. The minimum absolute atomic E-state index is 0.178. The number of aliphatic carboxylic acids is 1. The lowest BCUT2D eigenvalue weighted by Crippen LogP contribution is -2.41. The van der Waals surface area contributed by atoms with Crippen LogP contribution in [0.1, 0.15) is 46.1 Å². The Labute approximate surface area is 143 Å². The quantitative estimate of drug-likeness (QED) is 0.840. The molecule has 0 radical (unpaired) electrons. The van der Waals surface area contributed by atoms with Crippen molar-refractivity contribution in [2.75, 3.05) is 6.61 Å². The van der Waals surface area contributed by atoms with Gasteiger partial charge in [0, 0.05) is 5.46 Å². The first-order valence-corrected chi connectivity index (χ1v) is 8.39. The second kappa shape index (κ2) is 5.50. The van der Waals surface area contributed by atoms with Gasteiger partial charge >= 0.3 is 13.1 Å². The van der Waals surface area contributed by atoms with Gasteiger partial charge in [-0.1, -0.05) is 17.7 Å². The highest BCUT2D eigenvalue weighted by Gasteiger charge is 2.53. The molecule has 130 valence electrons. The molecule has 1 saturated heterocycles. The van der Waals surface area contributed by atoms with E-state index in [9.17, 15) is 9.90 Å². The lowest BCUT2D eigenvalue weighted by atomic mass is 9.77. The Bertz CT molecular complexity index is 647. The molecule has 5 nitrogen and oxygen atoms in total. The van der Waals surface area contributed by atoms with Crippen LogP contribution in [0.2, 0.25) is 0 Å². The number of aryl methyl sites for hydroxylation is 1. The van der Waals surface area contributed by atoms with Gasteiger partial charge in [0.25, 0.3) is 0 Å². The summed E-state index contributed by atoms with van der Waals surface area (Å²) in [6.07, 6.45) is 1.33. The van der Waals surface area contributed by atoms with Crippen molar-refractivity contribution >= 4 is 18.6 Å². The molecule has 24 heavy (non-hydrogen) atoms. The fourth-order valence-electron chi connectivity index (χ4n) is 2.74. The summed E-state index contributed by atoms with van der Waals surface area (Å²) in [4.78, 5) is 11.3. The van der Waals surface area contributed by atoms with E-state index >= 15 is 0 Å². The van der Waals surface area contributed by atoms with Crippen molar-refractivity contribution in [2.45, 2.75) is 58.7 Å². The molecule has 1 aromatic rings. The molecule has 6 heteroatoms. The van der Waals surface area contributed by atoms with E-state index in [1.807, 2.05) is 52.8 Å². The van der Waals surface area contributed by atoms with Gasteiger partial charge in [0.05, 0.1) is 11.2 Å². The maximum atomic E-state index is 11.3. The van der Waals surface area contributed by atoms with Crippen molar-refractivity contribution in [3.8, 4) is 5.75 Å². The number of carbonyl (C=O) groups is 1. The van der Waals surface area contributed by atoms with E-state index in [-0.39, 0.29) is 6.61 Å². The van der Waals surface area contributed by atoms with Crippen LogP contribution in [0.15, 0.2) is 18.2 Å². The molecule has 2 fully saturated rings. The van der Waals surface area contributed by atoms with E-state index in [4.69, 9.17) is 14.0 Å². The first kappa shape index (κ1) is 17.3. The van der Waals surface area contributed by atoms with Crippen LogP contribution in [0, 0.1) is 12.3 Å². The minimum atomic E-state index is -0.785. The topological polar surface area (TPSA) is 65.0 Å². The molecule has 1 N–H and O–H groups in total. The highest BCUT2D eigenvalue weighted by atomic mass is 16.7. The van der Waals surface area contributed by atoms with Crippen molar-refractivity contribution in [3.05, 3.63) is 23.8 Å². The third-order valence-electron chi connectivity index (χ3n) is 5.48. The maximum Gasteiger partial charge on any atom is 0.498 e. The number of benzene rings is 1. The zero-order valence-corrected chi connectivity index (χ0v) is 15.0. The average molecular weight is 332 g/mol. The summed E-state index contributed by atoms with van der Waals surface area (Å²) in [5, 5.41) is 9.31. The van der Waals surface area contributed by atoms with E-state index in [1.54, 1.807) is 0 Å².